The van der Waals surface area contributed by atoms with Gasteiger partial charge in [-0.25, -0.2) is 9.78 Å². The lowest BCUT2D eigenvalue weighted by Gasteiger charge is -2.06. The molecule has 2 heterocycles. The van der Waals surface area contributed by atoms with Crippen molar-refractivity contribution < 1.29 is 14.3 Å². The summed E-state index contributed by atoms with van der Waals surface area (Å²) in [6, 6.07) is 14.9. The quantitative estimate of drug-likeness (QED) is 0.336. The molecule has 6 nitrogen and oxygen atoms in total. The van der Waals surface area contributed by atoms with Gasteiger partial charge < -0.3 is 14.3 Å². The molecule has 0 saturated heterocycles. The highest BCUT2D eigenvalue weighted by atomic mass is 16.5. The first-order valence-corrected chi connectivity index (χ1v) is 8.49. The molecule has 0 aliphatic carbocycles. The maximum absolute atomic E-state index is 12.6. The third-order valence-electron chi connectivity index (χ3n) is 4.41. The molecule has 4 aromatic rings. The Bertz CT molecular complexity index is 1110. The van der Waals surface area contributed by atoms with Crippen LogP contribution in [0.2, 0.25) is 0 Å². The lowest BCUT2D eigenvalue weighted by molar-refractivity contribution is -0.139. The number of H-pyrrole nitrogens is 1. The van der Waals surface area contributed by atoms with Crippen molar-refractivity contribution in [3.8, 4) is 5.69 Å². The molecule has 27 heavy (non-hydrogen) atoms. The van der Waals surface area contributed by atoms with E-state index >= 15 is 0 Å². The van der Waals surface area contributed by atoms with Crippen molar-refractivity contribution in [2.45, 2.75) is 13.5 Å². The van der Waals surface area contributed by atoms with Gasteiger partial charge >= 0.3 is 5.97 Å². The molecule has 134 valence electrons. The predicted molar refractivity (Wildman–Crippen MR) is 101 cm³/mol. The van der Waals surface area contributed by atoms with E-state index in [4.69, 9.17) is 4.74 Å². The monoisotopic (exact) mass is 359 g/mol. The molecule has 4 rings (SSSR count). The maximum Gasteiger partial charge on any atom is 0.380 e. The molecule has 2 aromatic heterocycles. The van der Waals surface area contributed by atoms with Crippen molar-refractivity contribution in [1.82, 2.24) is 14.5 Å². The first kappa shape index (κ1) is 16.8. The van der Waals surface area contributed by atoms with Crippen LogP contribution in [0.3, 0.4) is 0 Å². The van der Waals surface area contributed by atoms with Crippen molar-refractivity contribution in [3.05, 3.63) is 84.1 Å². The zero-order chi connectivity index (χ0) is 18.8. The van der Waals surface area contributed by atoms with Gasteiger partial charge in [-0.2, -0.15) is 0 Å². The van der Waals surface area contributed by atoms with Gasteiger partial charge in [-0.3, -0.25) is 4.79 Å². The van der Waals surface area contributed by atoms with Crippen LogP contribution in [0, 0.1) is 6.92 Å². The van der Waals surface area contributed by atoms with E-state index in [0.29, 0.717) is 11.3 Å². The molecular weight excluding hydrogens is 342 g/mol. The number of fused-ring (bicyclic) bond motifs is 1. The fraction of sp³-hybridized carbons (Fsp3) is 0.0952. The number of aromatic nitrogens is 3. The van der Waals surface area contributed by atoms with Crippen molar-refractivity contribution in [3.63, 3.8) is 0 Å². The van der Waals surface area contributed by atoms with Gasteiger partial charge in [-0.05, 0) is 30.7 Å². The van der Waals surface area contributed by atoms with Crippen LogP contribution in [-0.4, -0.2) is 26.3 Å². The van der Waals surface area contributed by atoms with E-state index in [2.05, 4.69) is 9.97 Å². The summed E-state index contributed by atoms with van der Waals surface area (Å²) < 4.78 is 7.10. The average molecular weight is 359 g/mol. The Morgan fingerprint density at radius 2 is 1.89 bits per heavy atom. The number of hydrogen-bond acceptors (Lipinski definition) is 4. The first-order chi connectivity index (χ1) is 13.1. The summed E-state index contributed by atoms with van der Waals surface area (Å²) in [5, 5.41) is 0.724. The average Bonchev–Trinajstić information content (AvgIpc) is 3.33. The molecule has 2 aromatic carbocycles. The second kappa shape index (κ2) is 6.92. The standard InChI is InChI=1S/C21H17N3O3/c1-14-19(17-4-2-3-5-18(17)23-14)20(25)21(26)27-12-15-6-8-16(9-7-15)24-11-10-22-13-24/h2-11,13,23H,12H2,1H3. The molecule has 6 heteroatoms. The van der Waals surface area contributed by atoms with Crippen LogP contribution in [0.4, 0.5) is 0 Å². The minimum atomic E-state index is -0.860. The highest BCUT2D eigenvalue weighted by Crippen LogP contribution is 2.22. The van der Waals surface area contributed by atoms with Gasteiger partial charge in [0.1, 0.15) is 6.61 Å². The summed E-state index contributed by atoms with van der Waals surface area (Å²) in [4.78, 5) is 32.0. The van der Waals surface area contributed by atoms with Gasteiger partial charge in [0.15, 0.2) is 0 Å². The second-order valence-electron chi connectivity index (χ2n) is 6.21. The number of para-hydroxylation sites is 1. The number of Topliss-reactive ketones (excluding diaryl/α,β-unsaturated/α-hetero) is 1. The Morgan fingerprint density at radius 1 is 1.11 bits per heavy atom. The Labute approximate surface area is 155 Å². The lowest BCUT2D eigenvalue weighted by atomic mass is 10.1. The number of nitrogens with zero attached hydrogens (tertiary/aromatic N) is 2. The third-order valence-corrected chi connectivity index (χ3v) is 4.41. The maximum atomic E-state index is 12.6. The Hall–Kier alpha value is -3.67. The van der Waals surface area contributed by atoms with Gasteiger partial charge in [-0.15, -0.1) is 0 Å². The summed E-state index contributed by atoms with van der Waals surface area (Å²) in [5.41, 5.74) is 3.60. The van der Waals surface area contributed by atoms with Crippen LogP contribution in [-0.2, 0) is 16.1 Å². The molecule has 0 bridgehead atoms. The van der Waals surface area contributed by atoms with Gasteiger partial charge in [0.25, 0.3) is 5.78 Å². The second-order valence-corrected chi connectivity index (χ2v) is 6.21. The Kier molecular flexibility index (Phi) is 4.30. The van der Waals surface area contributed by atoms with Gasteiger partial charge in [-0.1, -0.05) is 30.3 Å². The lowest BCUT2D eigenvalue weighted by Crippen LogP contribution is -2.18. The Morgan fingerprint density at radius 3 is 2.63 bits per heavy atom. The van der Waals surface area contributed by atoms with Crippen LogP contribution in [0.25, 0.3) is 16.6 Å². The zero-order valence-electron chi connectivity index (χ0n) is 14.7. The number of carbonyl (C=O) groups excluding carboxylic acids is 2. The number of ether oxygens (including phenoxy) is 1. The number of rotatable bonds is 5. The van der Waals surface area contributed by atoms with Crippen molar-refractivity contribution in [2.75, 3.05) is 0 Å². The van der Waals surface area contributed by atoms with Gasteiger partial charge in [0.2, 0.25) is 0 Å². The van der Waals surface area contributed by atoms with Crippen molar-refractivity contribution in [2.24, 2.45) is 0 Å². The van der Waals surface area contributed by atoms with Crippen LogP contribution in [0.15, 0.2) is 67.3 Å². The van der Waals surface area contributed by atoms with Crippen LogP contribution in [0.5, 0.6) is 0 Å². The topological polar surface area (TPSA) is 77.0 Å². The number of imidazole rings is 1. The highest BCUT2D eigenvalue weighted by molar-refractivity contribution is 6.43. The minimum absolute atomic E-state index is 0.0379. The molecular formula is C21H17N3O3. The van der Waals surface area contributed by atoms with Gasteiger partial charge in [0, 0.05) is 34.7 Å². The van der Waals surface area contributed by atoms with Gasteiger partial charge in [0.05, 0.1) is 11.9 Å². The zero-order valence-corrected chi connectivity index (χ0v) is 14.7. The molecule has 0 spiro atoms. The third kappa shape index (κ3) is 3.25. The number of ketones is 1. The number of hydrogen-bond donors (Lipinski definition) is 1. The molecule has 0 atom stereocenters. The molecule has 0 fully saturated rings. The van der Waals surface area contributed by atoms with Crippen molar-refractivity contribution in [1.29, 1.82) is 0 Å². The highest BCUT2D eigenvalue weighted by Gasteiger charge is 2.24. The normalized spacial score (nSPS) is 10.9. The molecule has 0 aliphatic heterocycles. The largest absolute Gasteiger partial charge is 0.455 e. The van der Waals surface area contributed by atoms with Crippen molar-refractivity contribution >= 4 is 22.7 Å². The van der Waals surface area contributed by atoms with E-state index in [1.165, 1.54) is 0 Å². The molecule has 1 N–H and O–H groups in total. The molecule has 0 saturated carbocycles. The number of carbonyl (C=O) groups is 2. The van der Waals surface area contributed by atoms with E-state index in [1.807, 2.05) is 59.3 Å². The van der Waals surface area contributed by atoms with E-state index < -0.39 is 11.8 Å². The minimum Gasteiger partial charge on any atom is -0.455 e. The van der Waals surface area contributed by atoms with E-state index in [0.717, 1.165) is 22.2 Å². The SMILES string of the molecule is Cc1[nH]c2ccccc2c1C(=O)C(=O)OCc1ccc(-n2ccnc2)cc1. The van der Waals surface area contributed by atoms with Crippen LogP contribution < -0.4 is 0 Å². The molecule has 0 radical (unpaired) electrons. The number of esters is 1. The van der Waals surface area contributed by atoms with E-state index in [-0.39, 0.29) is 6.61 Å². The summed E-state index contributed by atoms with van der Waals surface area (Å²) in [7, 11) is 0. The number of aryl methyl sites for hydroxylation is 1. The predicted octanol–water partition coefficient (Wildman–Crippen LogP) is 3.59. The summed E-state index contributed by atoms with van der Waals surface area (Å²) in [6.07, 6.45) is 5.25. The molecule has 0 amide bonds. The number of nitrogens with one attached hydrogen (secondary N) is 1. The fourth-order valence-electron chi connectivity index (χ4n) is 3.06. The Balaban J connectivity index is 1.46. The molecule has 0 aliphatic rings. The van der Waals surface area contributed by atoms with Crippen LogP contribution >= 0.6 is 0 Å². The smallest absolute Gasteiger partial charge is 0.380 e. The first-order valence-electron chi connectivity index (χ1n) is 8.49. The summed E-state index contributed by atoms with van der Waals surface area (Å²) in [6.45, 7) is 1.81. The summed E-state index contributed by atoms with van der Waals surface area (Å²) >= 11 is 0. The van der Waals surface area contributed by atoms with E-state index in [9.17, 15) is 9.59 Å². The molecule has 0 unspecified atom stereocenters. The van der Waals surface area contributed by atoms with E-state index in [1.54, 1.807) is 19.4 Å². The van der Waals surface area contributed by atoms with Crippen LogP contribution in [0.1, 0.15) is 21.6 Å². The number of benzene rings is 2. The fourth-order valence-corrected chi connectivity index (χ4v) is 3.06. The summed E-state index contributed by atoms with van der Waals surface area (Å²) in [5.74, 6) is -1.50. The number of aromatic amines is 1.